The van der Waals surface area contributed by atoms with Gasteiger partial charge in [0, 0.05) is 19.3 Å². The van der Waals surface area contributed by atoms with E-state index in [0.29, 0.717) is 19.3 Å². The van der Waals surface area contributed by atoms with Crippen LogP contribution in [0.5, 0.6) is 0 Å². The maximum absolute atomic E-state index is 13.0. The van der Waals surface area contributed by atoms with Gasteiger partial charge in [0.05, 0.1) is 26.4 Å². The topological polar surface area (TPSA) is 231 Å². The van der Waals surface area contributed by atoms with Crippen molar-refractivity contribution in [2.45, 2.75) is 399 Å². The fraction of sp³-hybridized carbons (Fsp3) is 0.701. The van der Waals surface area contributed by atoms with E-state index in [1.807, 2.05) is 0 Å². The molecule has 0 saturated heterocycles. The minimum atomic E-state index is -4.95. The van der Waals surface area contributed by atoms with Gasteiger partial charge in [0.1, 0.15) is 25.4 Å². The molecule has 0 aliphatic carbocycles. The Morgan fingerprint density at radius 1 is 0.252 bits per heavy atom. The van der Waals surface area contributed by atoms with Crippen LogP contribution in [0.15, 0.2) is 158 Å². The summed E-state index contributed by atoms with van der Waals surface area (Å²) in [5.74, 6) is -1.61. The van der Waals surface area contributed by atoms with Gasteiger partial charge in [-0.25, -0.2) is 9.13 Å². The average Bonchev–Trinajstić information content (AvgIpc) is 0.890. The molecule has 5 atom stereocenters. The number of aliphatic hydroxyl groups excluding tert-OH is 2. The minimum Gasteiger partial charge on any atom is -0.463 e. The molecular weight excluding hydrogens is 1480 g/mol. The van der Waals surface area contributed by atoms with Gasteiger partial charge in [-0.2, -0.15) is 0 Å². The van der Waals surface area contributed by atoms with Gasteiger partial charge in [0.2, 0.25) is 0 Å². The van der Waals surface area contributed by atoms with Crippen LogP contribution in [0, 0.1) is 0 Å². The molecule has 0 radical (unpaired) electrons. The number of carbonyl (C=O) groups excluding carboxylic acids is 3. The molecule has 660 valence electrons. The van der Waals surface area contributed by atoms with Crippen LogP contribution in [-0.4, -0.2) is 95.9 Å². The number of rotatable bonds is 86. The van der Waals surface area contributed by atoms with Crippen LogP contribution in [0.3, 0.4) is 0 Å². The van der Waals surface area contributed by atoms with Gasteiger partial charge in [0.15, 0.2) is 6.10 Å². The highest BCUT2D eigenvalue weighted by molar-refractivity contribution is 7.47. The second kappa shape index (κ2) is 88.5. The summed E-state index contributed by atoms with van der Waals surface area (Å²) in [5, 5.41) is 20.7. The van der Waals surface area contributed by atoms with Crippen LogP contribution in [0.1, 0.15) is 380 Å². The van der Waals surface area contributed by atoms with Crippen molar-refractivity contribution in [1.29, 1.82) is 0 Å². The Bertz CT molecular complexity index is 2720. The zero-order valence-corrected chi connectivity index (χ0v) is 74.5. The summed E-state index contributed by atoms with van der Waals surface area (Å²) in [6.45, 7) is 2.51. The predicted molar refractivity (Wildman–Crippen MR) is 482 cm³/mol. The third kappa shape index (κ3) is 89.8. The highest BCUT2D eigenvalue weighted by atomic mass is 31.2. The lowest BCUT2D eigenvalue weighted by molar-refractivity contribution is -0.161. The fourth-order valence-corrected chi connectivity index (χ4v) is 13.9. The fourth-order valence-electron chi connectivity index (χ4n) is 12.3. The van der Waals surface area contributed by atoms with E-state index in [1.165, 1.54) is 180 Å². The number of esters is 3. The Morgan fingerprint density at radius 3 is 0.739 bits per heavy atom. The number of aliphatic hydroxyl groups is 2. The number of phosphoric acid groups is 2. The van der Waals surface area contributed by atoms with Gasteiger partial charge in [-0.15, -0.1) is 0 Å². The molecule has 0 heterocycles. The molecule has 5 unspecified atom stereocenters. The zero-order valence-electron chi connectivity index (χ0n) is 72.7. The zero-order chi connectivity index (χ0) is 83.6. The van der Waals surface area contributed by atoms with Crippen LogP contribution in [0.2, 0.25) is 0 Å². The standard InChI is InChI=1S/C97H166O16P2/c1-4-7-10-13-16-19-22-25-28-31-34-36-38-40-42-44-45-47-49-50-52-54-57-59-62-65-68-71-74-77-80-83-95(100)107-86-92(98)87-109-114(103,104)110-88-93(99)89-111-115(105,106)112-91-94(113-97(102)85-82-79-76-73-70-67-64-61-56-33-30-27-24-21-18-15-12-9-6-3)90-108-96(101)84-81-78-75-72-69-66-63-60-58-55-53-51-48-46-43-41-39-37-35-32-29-26-23-20-17-14-11-8-5-2/h9,12,16-21,25-30,34-37,40-43,56,61,67,70,92-94,98-99H,4-8,10-11,13-15,22-24,31-33,38-39,44-55,57-60,62-66,68-69,71-91H2,1-3H3,(H,103,104)(H,105,106)/b12-9-,19-16-,20-17-,21-18-,28-25-,29-26-,30-27-,36-34-,37-35-,42-40-,43-41-,61-56-,70-67-. The number of carbonyl (C=O) groups is 3. The van der Waals surface area contributed by atoms with E-state index in [0.717, 1.165) is 141 Å². The second-order valence-electron chi connectivity index (χ2n) is 30.4. The molecule has 0 aromatic heterocycles. The Morgan fingerprint density at radius 2 is 0.461 bits per heavy atom. The first-order chi connectivity index (χ1) is 56.2. The molecule has 0 aromatic carbocycles. The van der Waals surface area contributed by atoms with Crippen LogP contribution in [0.4, 0.5) is 0 Å². The maximum atomic E-state index is 13.0. The van der Waals surface area contributed by atoms with E-state index in [-0.39, 0.29) is 19.3 Å². The number of hydrogen-bond acceptors (Lipinski definition) is 14. The first-order valence-electron chi connectivity index (χ1n) is 45.8. The second-order valence-corrected chi connectivity index (χ2v) is 33.3. The van der Waals surface area contributed by atoms with Gasteiger partial charge in [-0.1, -0.05) is 365 Å². The molecule has 4 N–H and O–H groups in total. The van der Waals surface area contributed by atoms with E-state index in [9.17, 15) is 43.5 Å². The van der Waals surface area contributed by atoms with Crippen molar-refractivity contribution in [1.82, 2.24) is 0 Å². The number of hydrogen-bond donors (Lipinski definition) is 4. The molecule has 16 nitrogen and oxygen atoms in total. The number of allylic oxidation sites excluding steroid dienone is 26. The van der Waals surface area contributed by atoms with Crippen molar-refractivity contribution in [3.05, 3.63) is 158 Å². The highest BCUT2D eigenvalue weighted by Crippen LogP contribution is 2.45. The summed E-state index contributed by atoms with van der Waals surface area (Å²) in [4.78, 5) is 58.9. The van der Waals surface area contributed by atoms with Crippen LogP contribution < -0.4 is 0 Å². The summed E-state index contributed by atoms with van der Waals surface area (Å²) < 4.78 is 61.4. The molecule has 0 bridgehead atoms. The molecule has 0 fully saturated rings. The Hall–Kier alpha value is -4.83. The first kappa shape index (κ1) is 110. The van der Waals surface area contributed by atoms with E-state index >= 15 is 0 Å². The number of unbranched alkanes of at least 4 members (excludes halogenated alkanes) is 37. The van der Waals surface area contributed by atoms with Gasteiger partial charge in [-0.05, 0) is 154 Å². The molecule has 0 amide bonds. The molecular formula is C97H166O16P2. The summed E-state index contributed by atoms with van der Waals surface area (Å²) in [6, 6.07) is 0. The Balaban J connectivity index is 4.58. The lowest BCUT2D eigenvalue weighted by Crippen LogP contribution is -2.30. The summed E-state index contributed by atoms with van der Waals surface area (Å²) in [7, 11) is -9.82. The maximum Gasteiger partial charge on any atom is 0.472 e. The normalized spacial score (nSPS) is 14.5. The molecule has 0 rings (SSSR count). The predicted octanol–water partition coefficient (Wildman–Crippen LogP) is 28.1. The SMILES string of the molecule is CC/C=C\C/C=C\C/C=C\C/C=C\C/C=C\CCCCCC(=O)OC(COC(=O)CCCCCCCCCCCCCCC/C=C\C/C=C\C/C=C\C/C=C\CCCCC)COP(=O)(O)OCC(O)COP(=O)(O)OCC(O)COC(=O)CCCCCCCCCCCCCCCCC/C=C\C/C=C\C/C=C\C/C=C\CCCCC. The van der Waals surface area contributed by atoms with Crippen molar-refractivity contribution in [2.75, 3.05) is 39.6 Å². The van der Waals surface area contributed by atoms with Crippen molar-refractivity contribution < 1.29 is 75.8 Å². The summed E-state index contributed by atoms with van der Waals surface area (Å²) in [6.07, 6.45) is 113. The van der Waals surface area contributed by atoms with E-state index < -0.39 is 91.5 Å². The van der Waals surface area contributed by atoms with Gasteiger partial charge < -0.3 is 34.2 Å². The average molecular weight is 1650 g/mol. The van der Waals surface area contributed by atoms with Crippen molar-refractivity contribution in [3.63, 3.8) is 0 Å². The number of phosphoric ester groups is 2. The molecule has 0 aliphatic rings. The smallest absolute Gasteiger partial charge is 0.463 e. The third-order valence-electron chi connectivity index (χ3n) is 19.2. The van der Waals surface area contributed by atoms with E-state index in [4.69, 9.17) is 32.3 Å². The quantitative estimate of drug-likeness (QED) is 0.0146. The molecule has 18 heteroatoms. The first-order valence-corrected chi connectivity index (χ1v) is 48.8. The minimum absolute atomic E-state index is 0.0617. The Kier molecular flexibility index (Phi) is 84.7. The van der Waals surface area contributed by atoms with E-state index in [1.54, 1.807) is 0 Å². The van der Waals surface area contributed by atoms with Crippen molar-refractivity contribution in [2.24, 2.45) is 0 Å². The van der Waals surface area contributed by atoms with Crippen molar-refractivity contribution >= 4 is 33.6 Å². The van der Waals surface area contributed by atoms with Gasteiger partial charge >= 0.3 is 33.6 Å². The molecule has 0 spiro atoms. The largest absolute Gasteiger partial charge is 0.472 e. The highest BCUT2D eigenvalue weighted by Gasteiger charge is 2.29. The molecule has 115 heavy (non-hydrogen) atoms. The van der Waals surface area contributed by atoms with Crippen molar-refractivity contribution in [3.8, 4) is 0 Å². The monoisotopic (exact) mass is 1650 g/mol. The van der Waals surface area contributed by atoms with E-state index in [2.05, 4.69) is 179 Å². The van der Waals surface area contributed by atoms with Gasteiger partial charge in [-0.3, -0.25) is 32.5 Å². The summed E-state index contributed by atoms with van der Waals surface area (Å²) in [5.41, 5.74) is 0. The molecule has 0 saturated carbocycles. The number of ether oxygens (including phenoxy) is 3. The van der Waals surface area contributed by atoms with Gasteiger partial charge in [0.25, 0.3) is 0 Å². The molecule has 0 aliphatic heterocycles. The van der Waals surface area contributed by atoms with Crippen LogP contribution in [-0.2, 0) is 55.8 Å². The lowest BCUT2D eigenvalue weighted by atomic mass is 10.0. The third-order valence-corrected chi connectivity index (χ3v) is 21.1. The van der Waals surface area contributed by atoms with Crippen LogP contribution >= 0.6 is 15.6 Å². The summed E-state index contributed by atoms with van der Waals surface area (Å²) >= 11 is 0. The molecule has 0 aromatic rings. The lowest BCUT2D eigenvalue weighted by Gasteiger charge is -2.21. The van der Waals surface area contributed by atoms with Crippen LogP contribution in [0.25, 0.3) is 0 Å². The Labute approximate surface area is 701 Å².